The number of aliphatic hydroxyl groups excluding tert-OH is 1. The second kappa shape index (κ2) is 8.63. The average Bonchev–Trinajstić information content (AvgIpc) is 2.86. The summed E-state index contributed by atoms with van der Waals surface area (Å²) < 4.78 is 2.10. The standard InChI is InChI=1S/C13H12BrN3S.CH4O/c1-3-5-9(4-2)7-15-13-12-10(16-8-17-13)6-11(14)18-12;1-2/h3-6,8H,1-2,7H2,(H,15,16,17);2H,1H3/b9-5+;. The quantitative estimate of drug-likeness (QED) is 0.803. The lowest BCUT2D eigenvalue weighted by atomic mass is 10.2. The predicted molar refractivity (Wildman–Crippen MR) is 90.2 cm³/mol. The maximum absolute atomic E-state index is 7.00. The summed E-state index contributed by atoms with van der Waals surface area (Å²) in [5.74, 6) is 0.840. The van der Waals surface area contributed by atoms with Crippen molar-refractivity contribution >= 4 is 43.3 Å². The molecule has 20 heavy (non-hydrogen) atoms. The maximum Gasteiger partial charge on any atom is 0.147 e. The molecule has 0 unspecified atom stereocenters. The van der Waals surface area contributed by atoms with Crippen molar-refractivity contribution in [3.8, 4) is 0 Å². The molecule has 106 valence electrons. The van der Waals surface area contributed by atoms with Crippen LogP contribution in [-0.2, 0) is 0 Å². The molecule has 2 rings (SSSR count). The average molecular weight is 354 g/mol. The van der Waals surface area contributed by atoms with Crippen LogP contribution in [0, 0.1) is 0 Å². The van der Waals surface area contributed by atoms with E-state index in [1.807, 2.05) is 12.1 Å². The van der Waals surface area contributed by atoms with Gasteiger partial charge in [-0.05, 0) is 27.6 Å². The Labute approximate surface area is 130 Å². The Morgan fingerprint density at radius 3 is 2.85 bits per heavy atom. The van der Waals surface area contributed by atoms with E-state index in [0.29, 0.717) is 6.54 Å². The van der Waals surface area contributed by atoms with Gasteiger partial charge in [0.1, 0.15) is 12.1 Å². The molecule has 0 saturated carbocycles. The number of aliphatic hydroxyl groups is 1. The van der Waals surface area contributed by atoms with Crippen molar-refractivity contribution in [1.29, 1.82) is 0 Å². The van der Waals surface area contributed by atoms with Gasteiger partial charge in [-0.15, -0.1) is 11.3 Å². The van der Waals surface area contributed by atoms with Crippen LogP contribution in [0.1, 0.15) is 0 Å². The van der Waals surface area contributed by atoms with E-state index in [2.05, 4.69) is 44.4 Å². The van der Waals surface area contributed by atoms with Gasteiger partial charge in [0.05, 0.1) is 14.0 Å². The molecular formula is C14H16BrN3OS. The second-order valence-corrected chi connectivity index (χ2v) is 5.95. The van der Waals surface area contributed by atoms with Gasteiger partial charge in [-0.2, -0.15) is 0 Å². The van der Waals surface area contributed by atoms with Gasteiger partial charge in [0.25, 0.3) is 0 Å². The normalized spacial score (nSPS) is 10.7. The van der Waals surface area contributed by atoms with Gasteiger partial charge in [0.15, 0.2) is 0 Å². The van der Waals surface area contributed by atoms with Crippen LogP contribution in [0.4, 0.5) is 5.82 Å². The lowest BCUT2D eigenvalue weighted by molar-refractivity contribution is 0.399. The highest BCUT2D eigenvalue weighted by Gasteiger charge is 2.07. The number of hydrogen-bond donors (Lipinski definition) is 2. The van der Waals surface area contributed by atoms with E-state index < -0.39 is 0 Å². The van der Waals surface area contributed by atoms with Crippen LogP contribution in [0.15, 0.2) is 53.1 Å². The monoisotopic (exact) mass is 353 g/mol. The van der Waals surface area contributed by atoms with E-state index in [9.17, 15) is 0 Å². The molecule has 0 spiro atoms. The summed E-state index contributed by atoms with van der Waals surface area (Å²) in [6, 6.07) is 1.99. The molecule has 2 aromatic heterocycles. The molecule has 2 aromatic rings. The number of aromatic nitrogens is 2. The Morgan fingerprint density at radius 1 is 1.45 bits per heavy atom. The Hall–Kier alpha value is -1.50. The van der Waals surface area contributed by atoms with Crippen molar-refractivity contribution in [2.45, 2.75) is 0 Å². The number of halogens is 1. The molecule has 4 nitrogen and oxygen atoms in total. The van der Waals surface area contributed by atoms with Crippen LogP contribution in [0.3, 0.4) is 0 Å². The summed E-state index contributed by atoms with van der Waals surface area (Å²) in [6.07, 6.45) is 7.03. The number of nitrogens with one attached hydrogen (secondary N) is 1. The Kier molecular flexibility index (Phi) is 7.14. The second-order valence-electron chi connectivity index (χ2n) is 3.52. The third-order valence-corrected chi connectivity index (χ3v) is 3.97. The zero-order chi connectivity index (χ0) is 15.0. The molecule has 6 heteroatoms. The van der Waals surface area contributed by atoms with Crippen molar-refractivity contribution in [3.63, 3.8) is 0 Å². The molecule has 2 heterocycles. The van der Waals surface area contributed by atoms with Crippen molar-refractivity contribution in [3.05, 3.63) is 53.1 Å². The van der Waals surface area contributed by atoms with Crippen molar-refractivity contribution in [2.75, 3.05) is 19.0 Å². The van der Waals surface area contributed by atoms with E-state index in [4.69, 9.17) is 5.11 Å². The van der Waals surface area contributed by atoms with Crippen molar-refractivity contribution < 1.29 is 5.11 Å². The Bertz CT molecular complexity index is 622. The third kappa shape index (κ3) is 4.26. The van der Waals surface area contributed by atoms with E-state index in [1.165, 1.54) is 0 Å². The number of thiophene rings is 1. The third-order valence-electron chi connectivity index (χ3n) is 2.34. The van der Waals surface area contributed by atoms with Crippen LogP contribution >= 0.6 is 27.3 Å². The predicted octanol–water partition coefficient (Wildman–Crippen LogP) is 3.77. The molecule has 0 aliphatic heterocycles. The summed E-state index contributed by atoms with van der Waals surface area (Å²) in [4.78, 5) is 8.49. The first-order valence-corrected chi connectivity index (χ1v) is 7.38. The molecule has 2 N–H and O–H groups in total. The van der Waals surface area contributed by atoms with E-state index >= 15 is 0 Å². The van der Waals surface area contributed by atoms with Crippen LogP contribution in [-0.4, -0.2) is 28.7 Å². The van der Waals surface area contributed by atoms with Crippen molar-refractivity contribution in [1.82, 2.24) is 9.97 Å². The van der Waals surface area contributed by atoms with Gasteiger partial charge in [-0.1, -0.05) is 31.4 Å². The summed E-state index contributed by atoms with van der Waals surface area (Å²) in [7, 11) is 1.00. The van der Waals surface area contributed by atoms with Gasteiger partial charge in [-0.25, -0.2) is 9.97 Å². The van der Waals surface area contributed by atoms with Gasteiger partial charge >= 0.3 is 0 Å². The molecule has 0 aromatic carbocycles. The molecule has 0 saturated heterocycles. The smallest absolute Gasteiger partial charge is 0.147 e. The minimum atomic E-state index is 0.664. The first kappa shape index (κ1) is 16.6. The number of allylic oxidation sites excluding steroid dienone is 2. The van der Waals surface area contributed by atoms with Crippen LogP contribution in [0.5, 0.6) is 0 Å². The summed E-state index contributed by atoms with van der Waals surface area (Å²) in [5.41, 5.74) is 2.00. The van der Waals surface area contributed by atoms with Crippen LogP contribution in [0.2, 0.25) is 0 Å². The molecule has 0 bridgehead atoms. The van der Waals surface area contributed by atoms with Gasteiger partial charge in [0.2, 0.25) is 0 Å². The molecule has 0 amide bonds. The lowest BCUT2D eigenvalue weighted by Gasteiger charge is -2.06. The topological polar surface area (TPSA) is 58.0 Å². The molecule has 0 fully saturated rings. The fourth-order valence-electron chi connectivity index (χ4n) is 1.49. The highest BCUT2D eigenvalue weighted by atomic mass is 79.9. The molecule has 0 aliphatic carbocycles. The van der Waals surface area contributed by atoms with Gasteiger partial charge in [0, 0.05) is 13.7 Å². The molecule has 0 aliphatic rings. The summed E-state index contributed by atoms with van der Waals surface area (Å²) in [6.45, 7) is 8.10. The van der Waals surface area contributed by atoms with E-state index in [1.54, 1.807) is 29.8 Å². The highest BCUT2D eigenvalue weighted by molar-refractivity contribution is 9.11. The summed E-state index contributed by atoms with van der Waals surface area (Å²) in [5, 5.41) is 10.3. The van der Waals surface area contributed by atoms with Gasteiger partial charge < -0.3 is 10.4 Å². The fourth-order valence-corrected chi connectivity index (χ4v) is 2.99. The maximum atomic E-state index is 7.00. The SMILES string of the molecule is C=C/C=C(\C=C)CNc1ncnc2cc(Br)sc12.CO. The number of anilines is 1. The number of hydrogen-bond acceptors (Lipinski definition) is 5. The number of fused-ring (bicyclic) bond motifs is 1. The Balaban J connectivity index is 0.000000956. The minimum Gasteiger partial charge on any atom is -0.400 e. The van der Waals surface area contributed by atoms with E-state index in [-0.39, 0.29) is 0 Å². The van der Waals surface area contributed by atoms with Gasteiger partial charge in [-0.3, -0.25) is 0 Å². The molecular weight excluding hydrogens is 338 g/mol. The fraction of sp³-hybridized carbons (Fsp3) is 0.143. The highest BCUT2D eigenvalue weighted by Crippen LogP contribution is 2.32. The molecule has 0 radical (unpaired) electrons. The van der Waals surface area contributed by atoms with Crippen LogP contribution in [0.25, 0.3) is 10.2 Å². The molecule has 0 atom stereocenters. The first-order valence-electron chi connectivity index (χ1n) is 5.77. The minimum absolute atomic E-state index is 0.664. The van der Waals surface area contributed by atoms with Crippen LogP contribution < -0.4 is 5.32 Å². The first-order chi connectivity index (χ1) is 9.74. The lowest BCUT2D eigenvalue weighted by Crippen LogP contribution is -2.05. The van der Waals surface area contributed by atoms with E-state index in [0.717, 1.165) is 32.5 Å². The zero-order valence-corrected chi connectivity index (χ0v) is 13.5. The number of rotatable bonds is 5. The van der Waals surface area contributed by atoms with Crippen molar-refractivity contribution in [2.24, 2.45) is 0 Å². The summed E-state index contributed by atoms with van der Waals surface area (Å²) >= 11 is 5.07. The zero-order valence-electron chi connectivity index (χ0n) is 11.1. The number of nitrogens with zero attached hydrogens (tertiary/aromatic N) is 2. The Morgan fingerprint density at radius 2 is 2.20 bits per heavy atom. The largest absolute Gasteiger partial charge is 0.400 e.